The number of rotatable bonds is 0. The first-order valence-corrected chi connectivity index (χ1v) is 4.87. The van der Waals surface area contributed by atoms with Crippen molar-refractivity contribution in [1.82, 2.24) is 10.2 Å². The maximum absolute atomic E-state index is 12.4. The lowest BCUT2D eigenvalue weighted by Gasteiger charge is -2.35. The van der Waals surface area contributed by atoms with E-state index in [1.165, 1.54) is 0 Å². The lowest BCUT2D eigenvalue weighted by molar-refractivity contribution is -0.150. The SMILES string of the molecule is FC(F)(F)[C@@H]1CCN2CC=C(Cl)NC2=N1. The molecule has 1 atom stereocenters. The van der Waals surface area contributed by atoms with E-state index < -0.39 is 12.2 Å². The average Bonchev–Trinajstić information content (AvgIpc) is 2.15. The van der Waals surface area contributed by atoms with Crippen LogP contribution in [0.3, 0.4) is 0 Å². The van der Waals surface area contributed by atoms with Crippen molar-refractivity contribution in [2.24, 2.45) is 4.99 Å². The predicted molar refractivity (Wildman–Crippen MR) is 50.5 cm³/mol. The van der Waals surface area contributed by atoms with Gasteiger partial charge in [0, 0.05) is 13.1 Å². The van der Waals surface area contributed by atoms with E-state index in [1.54, 1.807) is 11.0 Å². The van der Waals surface area contributed by atoms with Crippen molar-refractivity contribution >= 4 is 17.6 Å². The minimum absolute atomic E-state index is 0.000138. The van der Waals surface area contributed by atoms with Crippen molar-refractivity contribution < 1.29 is 13.2 Å². The smallest absolute Gasteiger partial charge is 0.339 e. The number of nitrogens with zero attached hydrogens (tertiary/aromatic N) is 2. The van der Waals surface area contributed by atoms with Gasteiger partial charge in [-0.1, -0.05) is 11.6 Å². The zero-order chi connectivity index (χ0) is 11.1. The van der Waals surface area contributed by atoms with Gasteiger partial charge < -0.3 is 10.2 Å². The van der Waals surface area contributed by atoms with Crippen LogP contribution >= 0.6 is 11.6 Å². The molecule has 0 aromatic rings. The third-order valence-electron chi connectivity index (χ3n) is 2.35. The zero-order valence-corrected chi connectivity index (χ0v) is 8.44. The van der Waals surface area contributed by atoms with Gasteiger partial charge in [-0.3, -0.25) is 0 Å². The number of halogens is 4. The highest BCUT2D eigenvalue weighted by Gasteiger charge is 2.42. The summed E-state index contributed by atoms with van der Waals surface area (Å²) in [5, 5.41) is 2.95. The number of fused-ring (bicyclic) bond motifs is 1. The molecule has 2 heterocycles. The summed E-state index contributed by atoms with van der Waals surface area (Å²) < 4.78 is 37.2. The second kappa shape index (κ2) is 3.59. The first kappa shape index (κ1) is 10.6. The molecule has 2 rings (SSSR count). The van der Waals surface area contributed by atoms with Gasteiger partial charge >= 0.3 is 6.18 Å². The summed E-state index contributed by atoms with van der Waals surface area (Å²) in [5.74, 6) is 0.219. The van der Waals surface area contributed by atoms with Crippen LogP contribution in [0.1, 0.15) is 6.42 Å². The lowest BCUT2D eigenvalue weighted by Crippen LogP contribution is -2.50. The molecule has 0 saturated heterocycles. The van der Waals surface area contributed by atoms with Crippen molar-refractivity contribution in [2.45, 2.75) is 18.6 Å². The first-order chi connectivity index (χ1) is 6.97. The summed E-state index contributed by atoms with van der Waals surface area (Å²) in [6.45, 7) is 0.853. The Kier molecular flexibility index (Phi) is 2.54. The highest BCUT2D eigenvalue weighted by molar-refractivity contribution is 6.30. The van der Waals surface area contributed by atoms with Crippen molar-refractivity contribution in [3.05, 3.63) is 11.2 Å². The van der Waals surface area contributed by atoms with Crippen molar-refractivity contribution in [3.63, 3.8) is 0 Å². The number of hydrogen-bond acceptors (Lipinski definition) is 3. The van der Waals surface area contributed by atoms with Gasteiger partial charge in [-0.25, -0.2) is 4.99 Å². The molecule has 84 valence electrons. The average molecular weight is 240 g/mol. The van der Waals surface area contributed by atoms with Crippen LogP contribution in [0.4, 0.5) is 13.2 Å². The molecule has 2 aliphatic rings. The van der Waals surface area contributed by atoms with E-state index in [-0.39, 0.29) is 12.4 Å². The van der Waals surface area contributed by atoms with Gasteiger partial charge in [-0.15, -0.1) is 0 Å². The fraction of sp³-hybridized carbons (Fsp3) is 0.625. The van der Waals surface area contributed by atoms with Crippen molar-refractivity contribution in [2.75, 3.05) is 13.1 Å². The predicted octanol–water partition coefficient (Wildman–Crippen LogP) is 1.66. The summed E-state index contributed by atoms with van der Waals surface area (Å²) in [6, 6.07) is -1.61. The molecule has 3 nitrogen and oxygen atoms in total. The Morgan fingerprint density at radius 3 is 2.93 bits per heavy atom. The summed E-state index contributed by atoms with van der Waals surface area (Å²) in [4.78, 5) is 5.34. The van der Waals surface area contributed by atoms with Gasteiger partial charge in [0.25, 0.3) is 0 Å². The molecule has 1 N–H and O–H groups in total. The van der Waals surface area contributed by atoms with Gasteiger partial charge in [0.05, 0.1) is 0 Å². The molecule has 15 heavy (non-hydrogen) atoms. The summed E-state index contributed by atoms with van der Waals surface area (Å²) in [7, 11) is 0. The fourth-order valence-electron chi connectivity index (χ4n) is 1.55. The van der Waals surface area contributed by atoms with Crippen LogP contribution in [0.15, 0.2) is 16.2 Å². The van der Waals surface area contributed by atoms with Crippen LogP contribution in [0, 0.1) is 0 Å². The van der Waals surface area contributed by atoms with E-state index in [2.05, 4.69) is 10.3 Å². The van der Waals surface area contributed by atoms with Crippen LogP contribution in [-0.2, 0) is 0 Å². The molecule has 0 radical (unpaired) electrons. The molecule has 2 aliphatic heterocycles. The maximum Gasteiger partial charge on any atom is 0.410 e. The van der Waals surface area contributed by atoms with E-state index in [9.17, 15) is 13.2 Å². The molecule has 0 saturated carbocycles. The molecule has 0 spiro atoms. The molecule has 0 aliphatic carbocycles. The van der Waals surface area contributed by atoms with E-state index in [1.807, 2.05) is 0 Å². The van der Waals surface area contributed by atoms with Crippen LogP contribution in [0.25, 0.3) is 0 Å². The topological polar surface area (TPSA) is 27.6 Å². The van der Waals surface area contributed by atoms with Crippen LogP contribution in [0.2, 0.25) is 0 Å². The Labute approximate surface area is 89.6 Å². The quantitative estimate of drug-likeness (QED) is 0.651. The van der Waals surface area contributed by atoms with Gasteiger partial charge in [0.1, 0.15) is 5.16 Å². The monoisotopic (exact) mass is 239 g/mol. The number of alkyl halides is 3. The van der Waals surface area contributed by atoms with Crippen LogP contribution < -0.4 is 5.32 Å². The highest BCUT2D eigenvalue weighted by atomic mass is 35.5. The Bertz CT molecular complexity index is 324. The summed E-state index contributed by atoms with van der Waals surface area (Å²) in [6.07, 6.45) is -2.57. The minimum atomic E-state index is -4.27. The van der Waals surface area contributed by atoms with Gasteiger partial charge in [-0.2, -0.15) is 13.2 Å². The Hall–Kier alpha value is -0.910. The molecule has 0 fully saturated rings. The maximum atomic E-state index is 12.4. The number of aliphatic imine (C=N–C) groups is 1. The number of guanidine groups is 1. The Morgan fingerprint density at radius 1 is 1.53 bits per heavy atom. The Morgan fingerprint density at radius 2 is 2.27 bits per heavy atom. The van der Waals surface area contributed by atoms with E-state index >= 15 is 0 Å². The molecule has 0 aromatic carbocycles. The standard InChI is InChI=1S/C8H9ClF3N3/c9-6-2-4-15-3-1-5(8(10,11)12)13-7(15)14-6/h2,5H,1,3-4H2,(H,13,14)/t5-/m0/s1. The molecule has 7 heteroatoms. The third-order valence-corrected chi connectivity index (χ3v) is 2.60. The number of hydrogen-bond donors (Lipinski definition) is 1. The lowest BCUT2D eigenvalue weighted by atomic mass is 10.1. The summed E-state index contributed by atoms with van der Waals surface area (Å²) >= 11 is 5.66. The highest BCUT2D eigenvalue weighted by Crippen LogP contribution is 2.28. The molecular formula is C8H9ClF3N3. The molecular weight excluding hydrogens is 231 g/mol. The van der Waals surface area contributed by atoms with E-state index in [0.717, 1.165) is 0 Å². The fourth-order valence-corrected chi connectivity index (χ4v) is 1.71. The normalized spacial score (nSPS) is 26.4. The van der Waals surface area contributed by atoms with Crippen LogP contribution in [0.5, 0.6) is 0 Å². The summed E-state index contributed by atoms with van der Waals surface area (Å²) in [5.41, 5.74) is 0. The molecule has 0 bridgehead atoms. The zero-order valence-electron chi connectivity index (χ0n) is 7.68. The van der Waals surface area contributed by atoms with Crippen molar-refractivity contribution in [3.8, 4) is 0 Å². The van der Waals surface area contributed by atoms with Crippen molar-refractivity contribution in [1.29, 1.82) is 0 Å². The molecule has 0 aromatic heterocycles. The second-order valence-electron chi connectivity index (χ2n) is 3.42. The molecule has 0 unspecified atom stereocenters. The first-order valence-electron chi connectivity index (χ1n) is 4.49. The van der Waals surface area contributed by atoms with Gasteiger partial charge in [0.15, 0.2) is 12.0 Å². The number of nitrogens with one attached hydrogen (secondary N) is 1. The molecule has 0 amide bonds. The van der Waals surface area contributed by atoms with Crippen LogP contribution in [-0.4, -0.2) is 36.2 Å². The van der Waals surface area contributed by atoms with E-state index in [0.29, 0.717) is 18.2 Å². The van der Waals surface area contributed by atoms with Gasteiger partial charge in [-0.05, 0) is 12.5 Å². The third kappa shape index (κ3) is 2.19. The second-order valence-corrected chi connectivity index (χ2v) is 3.83. The minimum Gasteiger partial charge on any atom is -0.339 e. The Balaban J connectivity index is 2.18. The largest absolute Gasteiger partial charge is 0.410 e. The van der Waals surface area contributed by atoms with E-state index in [4.69, 9.17) is 11.6 Å². The van der Waals surface area contributed by atoms with Gasteiger partial charge in [0.2, 0.25) is 0 Å².